The van der Waals surface area contributed by atoms with Gasteiger partial charge in [-0.15, -0.1) is 0 Å². The molecule has 0 saturated carbocycles. The van der Waals surface area contributed by atoms with Crippen LogP contribution in [0.25, 0.3) is 0 Å². The molecule has 0 aromatic carbocycles. The number of hydrogen-bond donors (Lipinski definition) is 2. The number of nitrogen functional groups attached to an aromatic ring is 1. The molecule has 0 fully saturated rings. The standard InChI is InChI=1S/C14H25N3O3/c1-4-12(5-2)17(6-7-19-3)9-13-8-11(10-20-13)14(18)16-15/h8,10,12H,4-7,9,15H2,1-3H3,(H,16,18). The molecule has 0 aliphatic heterocycles. The third-order valence-electron chi connectivity index (χ3n) is 3.45. The lowest BCUT2D eigenvalue weighted by Crippen LogP contribution is -2.36. The Balaban J connectivity index is 2.72. The lowest BCUT2D eigenvalue weighted by molar-refractivity contribution is 0.0953. The van der Waals surface area contributed by atoms with E-state index in [1.807, 2.05) is 0 Å². The number of amides is 1. The van der Waals surface area contributed by atoms with Crippen molar-refractivity contribution in [3.63, 3.8) is 0 Å². The Morgan fingerprint density at radius 3 is 2.75 bits per heavy atom. The van der Waals surface area contributed by atoms with Gasteiger partial charge in [-0.1, -0.05) is 13.8 Å². The smallest absolute Gasteiger partial charge is 0.268 e. The van der Waals surface area contributed by atoms with Gasteiger partial charge in [0.15, 0.2) is 0 Å². The van der Waals surface area contributed by atoms with Crippen LogP contribution in [-0.4, -0.2) is 37.1 Å². The minimum absolute atomic E-state index is 0.342. The summed E-state index contributed by atoms with van der Waals surface area (Å²) in [5, 5.41) is 0. The summed E-state index contributed by atoms with van der Waals surface area (Å²) in [6.45, 7) is 6.51. The summed E-state index contributed by atoms with van der Waals surface area (Å²) < 4.78 is 10.6. The van der Waals surface area contributed by atoms with Crippen LogP contribution in [0.2, 0.25) is 0 Å². The molecule has 6 nitrogen and oxygen atoms in total. The quantitative estimate of drug-likeness (QED) is 0.408. The van der Waals surface area contributed by atoms with E-state index in [0.29, 0.717) is 24.8 Å². The van der Waals surface area contributed by atoms with Crippen LogP contribution in [0.15, 0.2) is 16.7 Å². The van der Waals surface area contributed by atoms with Crippen molar-refractivity contribution in [3.8, 4) is 0 Å². The monoisotopic (exact) mass is 283 g/mol. The first-order valence-corrected chi connectivity index (χ1v) is 6.97. The fourth-order valence-electron chi connectivity index (χ4n) is 2.27. The van der Waals surface area contributed by atoms with Crippen molar-refractivity contribution in [3.05, 3.63) is 23.7 Å². The van der Waals surface area contributed by atoms with Crippen LogP contribution in [-0.2, 0) is 11.3 Å². The molecular formula is C14H25N3O3. The molecule has 1 aromatic rings. The normalized spacial score (nSPS) is 11.3. The molecule has 0 unspecified atom stereocenters. The summed E-state index contributed by atoms with van der Waals surface area (Å²) in [5.41, 5.74) is 2.54. The summed E-state index contributed by atoms with van der Waals surface area (Å²) in [7, 11) is 1.70. The van der Waals surface area contributed by atoms with E-state index in [9.17, 15) is 4.79 Å². The molecular weight excluding hydrogens is 258 g/mol. The largest absolute Gasteiger partial charge is 0.467 e. The van der Waals surface area contributed by atoms with E-state index in [0.717, 1.165) is 25.1 Å². The first kappa shape index (κ1) is 16.7. The summed E-state index contributed by atoms with van der Waals surface area (Å²) in [6.07, 6.45) is 3.56. The van der Waals surface area contributed by atoms with E-state index in [1.165, 1.54) is 6.26 Å². The number of rotatable bonds is 9. The molecule has 20 heavy (non-hydrogen) atoms. The van der Waals surface area contributed by atoms with E-state index < -0.39 is 0 Å². The second-order valence-corrected chi connectivity index (χ2v) is 4.71. The van der Waals surface area contributed by atoms with Crippen LogP contribution >= 0.6 is 0 Å². The average Bonchev–Trinajstić information content (AvgIpc) is 2.93. The van der Waals surface area contributed by atoms with Gasteiger partial charge < -0.3 is 9.15 Å². The zero-order valence-electron chi connectivity index (χ0n) is 12.5. The highest BCUT2D eigenvalue weighted by Gasteiger charge is 2.18. The molecule has 1 heterocycles. The van der Waals surface area contributed by atoms with Crippen LogP contribution in [0.1, 0.15) is 42.8 Å². The molecule has 1 amide bonds. The SMILES string of the molecule is CCC(CC)N(CCOC)Cc1cc(C(=O)NN)co1. The number of methoxy groups -OCH3 is 1. The summed E-state index contributed by atoms with van der Waals surface area (Å²) in [5.74, 6) is 5.52. The highest BCUT2D eigenvalue weighted by atomic mass is 16.5. The Morgan fingerprint density at radius 2 is 2.20 bits per heavy atom. The number of hydrogen-bond acceptors (Lipinski definition) is 5. The van der Waals surface area contributed by atoms with Gasteiger partial charge in [0, 0.05) is 19.7 Å². The third-order valence-corrected chi connectivity index (χ3v) is 3.45. The van der Waals surface area contributed by atoms with Gasteiger partial charge in [0.05, 0.1) is 18.7 Å². The number of hydrazine groups is 1. The van der Waals surface area contributed by atoms with Crippen molar-refractivity contribution in [1.29, 1.82) is 0 Å². The molecule has 0 radical (unpaired) electrons. The van der Waals surface area contributed by atoms with E-state index >= 15 is 0 Å². The van der Waals surface area contributed by atoms with Gasteiger partial charge in [-0.25, -0.2) is 5.84 Å². The molecule has 0 saturated heterocycles. The molecule has 6 heteroatoms. The Labute approximate surface area is 120 Å². The van der Waals surface area contributed by atoms with Gasteiger partial charge in [0.1, 0.15) is 12.0 Å². The predicted molar refractivity (Wildman–Crippen MR) is 77.0 cm³/mol. The van der Waals surface area contributed by atoms with Gasteiger partial charge in [0.25, 0.3) is 5.91 Å². The molecule has 0 atom stereocenters. The summed E-state index contributed by atoms with van der Waals surface area (Å²) in [6, 6.07) is 2.20. The molecule has 0 spiro atoms. The topological polar surface area (TPSA) is 80.7 Å². The number of nitrogens with two attached hydrogens (primary N) is 1. The molecule has 0 aliphatic carbocycles. The number of ether oxygens (including phenoxy) is 1. The number of nitrogens with one attached hydrogen (secondary N) is 1. The lowest BCUT2D eigenvalue weighted by Gasteiger charge is -2.29. The molecule has 1 aromatic heterocycles. The van der Waals surface area contributed by atoms with Gasteiger partial charge in [-0.05, 0) is 18.9 Å². The van der Waals surface area contributed by atoms with Gasteiger partial charge in [-0.3, -0.25) is 15.1 Å². The van der Waals surface area contributed by atoms with Crippen LogP contribution in [0, 0.1) is 0 Å². The minimum Gasteiger partial charge on any atom is -0.467 e. The molecule has 0 aliphatic rings. The van der Waals surface area contributed by atoms with Crippen molar-refractivity contribution in [1.82, 2.24) is 10.3 Å². The number of carbonyl (C=O) groups is 1. The molecule has 114 valence electrons. The zero-order chi connectivity index (χ0) is 15.0. The van der Waals surface area contributed by atoms with E-state index in [2.05, 4.69) is 24.2 Å². The van der Waals surface area contributed by atoms with Gasteiger partial charge >= 0.3 is 0 Å². The summed E-state index contributed by atoms with van der Waals surface area (Å²) >= 11 is 0. The van der Waals surface area contributed by atoms with Gasteiger partial charge in [-0.2, -0.15) is 0 Å². The van der Waals surface area contributed by atoms with Crippen LogP contribution in [0.3, 0.4) is 0 Å². The Hall–Kier alpha value is -1.37. The van der Waals surface area contributed by atoms with E-state index in [1.54, 1.807) is 13.2 Å². The van der Waals surface area contributed by atoms with E-state index in [4.69, 9.17) is 15.0 Å². The maximum atomic E-state index is 11.4. The Bertz CT molecular complexity index is 402. The third kappa shape index (κ3) is 4.63. The fraction of sp³-hybridized carbons (Fsp3) is 0.643. The minimum atomic E-state index is -0.342. The highest BCUT2D eigenvalue weighted by Crippen LogP contribution is 2.15. The Morgan fingerprint density at radius 1 is 1.50 bits per heavy atom. The fourth-order valence-corrected chi connectivity index (χ4v) is 2.27. The average molecular weight is 283 g/mol. The van der Waals surface area contributed by atoms with Crippen molar-refractivity contribution in [2.75, 3.05) is 20.3 Å². The second-order valence-electron chi connectivity index (χ2n) is 4.71. The summed E-state index contributed by atoms with van der Waals surface area (Å²) in [4.78, 5) is 13.7. The van der Waals surface area contributed by atoms with Crippen LogP contribution in [0.4, 0.5) is 0 Å². The maximum absolute atomic E-state index is 11.4. The molecule has 0 bridgehead atoms. The second kappa shape index (κ2) is 8.73. The van der Waals surface area contributed by atoms with Crippen LogP contribution < -0.4 is 11.3 Å². The van der Waals surface area contributed by atoms with E-state index in [-0.39, 0.29) is 5.91 Å². The number of nitrogens with zero attached hydrogens (tertiary/aromatic N) is 1. The molecule has 1 rings (SSSR count). The first-order valence-electron chi connectivity index (χ1n) is 6.97. The number of furan rings is 1. The number of carbonyl (C=O) groups excluding carboxylic acids is 1. The van der Waals surface area contributed by atoms with Crippen molar-refractivity contribution >= 4 is 5.91 Å². The Kier molecular flexibility index (Phi) is 7.28. The zero-order valence-corrected chi connectivity index (χ0v) is 12.5. The van der Waals surface area contributed by atoms with Gasteiger partial charge in [0.2, 0.25) is 0 Å². The lowest BCUT2D eigenvalue weighted by atomic mass is 10.1. The highest BCUT2D eigenvalue weighted by molar-refractivity contribution is 5.93. The van der Waals surface area contributed by atoms with Crippen LogP contribution in [0.5, 0.6) is 0 Å². The van der Waals surface area contributed by atoms with Crippen molar-refractivity contribution in [2.45, 2.75) is 39.3 Å². The first-order chi connectivity index (χ1) is 9.65. The maximum Gasteiger partial charge on any atom is 0.268 e. The predicted octanol–water partition coefficient (Wildman–Crippen LogP) is 1.52. The van der Waals surface area contributed by atoms with Crippen molar-refractivity contribution in [2.24, 2.45) is 5.84 Å². The molecule has 3 N–H and O–H groups in total. The van der Waals surface area contributed by atoms with Crippen molar-refractivity contribution < 1.29 is 13.9 Å².